The molecule has 3 heteroatoms. The Balaban J connectivity index is 1.26. The van der Waals surface area contributed by atoms with E-state index in [0.29, 0.717) is 0 Å². The van der Waals surface area contributed by atoms with E-state index in [1.165, 1.54) is 42.9 Å². The summed E-state index contributed by atoms with van der Waals surface area (Å²) in [5, 5.41) is 6.08. The molecule has 0 bridgehead atoms. The fourth-order valence-electron chi connectivity index (χ4n) is 6.32. The van der Waals surface area contributed by atoms with Crippen LogP contribution in [0.1, 0.15) is 0 Å². The van der Waals surface area contributed by atoms with E-state index in [2.05, 4.69) is 152 Å². The largest absolute Gasteiger partial charge is 0.226 e. The Kier molecular flexibility index (Phi) is 6.03. The number of rotatable bonds is 4. The molecule has 0 amide bonds. The van der Waals surface area contributed by atoms with E-state index >= 15 is 0 Å². The third-order valence-electron chi connectivity index (χ3n) is 8.65. The van der Waals surface area contributed by atoms with Gasteiger partial charge >= 0.3 is 0 Å². The summed E-state index contributed by atoms with van der Waals surface area (Å²) >= 11 is 1.78. The zero-order valence-electron chi connectivity index (χ0n) is 24.3. The molecule has 2 aromatic heterocycles. The van der Waals surface area contributed by atoms with E-state index in [1.54, 1.807) is 11.3 Å². The van der Waals surface area contributed by atoms with Crippen molar-refractivity contribution in [1.29, 1.82) is 0 Å². The number of thiophene rings is 1. The zero-order chi connectivity index (χ0) is 29.7. The minimum Gasteiger partial charge on any atom is -0.226 e. The van der Waals surface area contributed by atoms with Gasteiger partial charge in [0.15, 0.2) is 5.82 Å². The first-order valence-electron chi connectivity index (χ1n) is 15.2. The van der Waals surface area contributed by atoms with Crippen molar-refractivity contribution in [2.75, 3.05) is 0 Å². The molecule has 45 heavy (non-hydrogen) atoms. The molecular weight excluding hydrogens is 565 g/mol. The van der Waals surface area contributed by atoms with Crippen LogP contribution in [0.3, 0.4) is 0 Å². The van der Waals surface area contributed by atoms with Gasteiger partial charge in [-0.05, 0) is 68.1 Å². The third-order valence-corrected chi connectivity index (χ3v) is 9.80. The summed E-state index contributed by atoms with van der Waals surface area (Å²) in [6.45, 7) is 0. The predicted molar refractivity (Wildman–Crippen MR) is 192 cm³/mol. The van der Waals surface area contributed by atoms with Gasteiger partial charge in [-0.1, -0.05) is 133 Å². The lowest BCUT2D eigenvalue weighted by Gasteiger charge is -2.09. The fraction of sp³-hybridized carbons (Fsp3) is 0. The maximum Gasteiger partial charge on any atom is 0.160 e. The smallest absolute Gasteiger partial charge is 0.160 e. The van der Waals surface area contributed by atoms with Crippen molar-refractivity contribution in [3.63, 3.8) is 0 Å². The monoisotopic (exact) mass is 590 g/mol. The third kappa shape index (κ3) is 4.57. The number of hydrogen-bond acceptors (Lipinski definition) is 3. The first-order chi connectivity index (χ1) is 22.3. The summed E-state index contributed by atoms with van der Waals surface area (Å²) in [5.41, 5.74) is 8.83. The number of nitrogens with zero attached hydrogens (tertiary/aromatic N) is 2. The molecule has 210 valence electrons. The second-order valence-corrected chi connectivity index (χ2v) is 12.5. The minimum absolute atomic E-state index is 0.738. The molecule has 0 spiro atoms. The maximum atomic E-state index is 5.29. The summed E-state index contributed by atoms with van der Waals surface area (Å²) < 4.78 is 2.32. The normalized spacial score (nSPS) is 11.6. The van der Waals surface area contributed by atoms with Gasteiger partial charge in [-0.3, -0.25) is 0 Å². The van der Waals surface area contributed by atoms with Crippen molar-refractivity contribution in [2.45, 2.75) is 0 Å². The number of aromatic nitrogens is 2. The van der Waals surface area contributed by atoms with Crippen LogP contribution in [0.25, 0.3) is 86.7 Å². The van der Waals surface area contributed by atoms with Crippen LogP contribution in [-0.2, 0) is 0 Å². The molecule has 0 fully saturated rings. The van der Waals surface area contributed by atoms with Crippen LogP contribution in [0, 0.1) is 0 Å². The molecule has 0 N–H and O–H groups in total. The molecule has 0 saturated heterocycles. The van der Waals surface area contributed by atoms with Crippen LogP contribution in [0.15, 0.2) is 158 Å². The topological polar surface area (TPSA) is 25.8 Å². The number of benzene rings is 7. The van der Waals surface area contributed by atoms with Gasteiger partial charge in [-0.25, -0.2) is 9.97 Å². The van der Waals surface area contributed by atoms with Crippen molar-refractivity contribution in [2.24, 2.45) is 0 Å². The molecule has 9 rings (SSSR count). The minimum atomic E-state index is 0.738. The van der Waals surface area contributed by atoms with Crippen LogP contribution < -0.4 is 0 Å². The van der Waals surface area contributed by atoms with Crippen molar-refractivity contribution < 1.29 is 0 Å². The molecule has 0 unspecified atom stereocenters. The fourth-order valence-corrected chi connectivity index (χ4v) is 7.51. The molecule has 0 radical (unpaired) electrons. The maximum absolute atomic E-state index is 5.29. The van der Waals surface area contributed by atoms with Crippen molar-refractivity contribution in [3.05, 3.63) is 158 Å². The lowest BCUT2D eigenvalue weighted by molar-refractivity contribution is 1.24. The van der Waals surface area contributed by atoms with E-state index < -0.39 is 0 Å². The molecule has 0 aliphatic rings. The molecule has 0 saturated carbocycles. The van der Waals surface area contributed by atoms with Gasteiger partial charge in [0, 0.05) is 21.2 Å². The molecule has 2 nitrogen and oxygen atoms in total. The van der Waals surface area contributed by atoms with E-state index in [9.17, 15) is 0 Å². The molecule has 7 aromatic carbocycles. The number of fused-ring (bicyclic) bond motifs is 5. The van der Waals surface area contributed by atoms with E-state index in [-0.39, 0.29) is 0 Å². The molecule has 0 aliphatic heterocycles. The second kappa shape index (κ2) is 10.5. The Morgan fingerprint density at radius 1 is 0.378 bits per heavy atom. The molecule has 2 heterocycles. The average molecular weight is 591 g/mol. The lowest BCUT2D eigenvalue weighted by Crippen LogP contribution is -1.94. The van der Waals surface area contributed by atoms with Crippen LogP contribution in [0.4, 0.5) is 0 Å². The predicted octanol–water partition coefficient (Wildman–Crippen LogP) is 11.8. The Morgan fingerprint density at radius 3 is 1.73 bits per heavy atom. The zero-order valence-corrected chi connectivity index (χ0v) is 25.1. The standard InChI is InChI=1S/C42H26N2S/c1-2-9-27(10-3-1)32-15-8-16-36(25-32)42-43-39(35-20-18-29-12-5-7-14-31(29)24-35)41-40(44-42)37-22-21-34(26-38(37)45-41)33-19-17-28-11-4-6-13-30(28)23-33/h1-26H. The van der Waals surface area contributed by atoms with Crippen LogP contribution in [0.5, 0.6) is 0 Å². The molecule has 0 atom stereocenters. The quantitative estimate of drug-likeness (QED) is 0.204. The van der Waals surface area contributed by atoms with Crippen molar-refractivity contribution in [3.8, 4) is 44.9 Å². The van der Waals surface area contributed by atoms with E-state index in [1.807, 2.05) is 6.07 Å². The van der Waals surface area contributed by atoms with Crippen LogP contribution >= 0.6 is 11.3 Å². The van der Waals surface area contributed by atoms with Gasteiger partial charge in [-0.2, -0.15) is 0 Å². The molecule has 0 aliphatic carbocycles. The number of hydrogen-bond donors (Lipinski definition) is 0. The van der Waals surface area contributed by atoms with Crippen molar-refractivity contribution >= 4 is 53.2 Å². The SMILES string of the molecule is c1ccc(-c2cccc(-c3nc(-c4ccc5ccccc5c4)c4sc5cc(-c6ccc7ccccc7c6)ccc5c4n3)c2)cc1. The Bertz CT molecular complexity index is 2550. The van der Waals surface area contributed by atoms with Gasteiger partial charge in [0.05, 0.1) is 15.9 Å². The van der Waals surface area contributed by atoms with E-state index in [0.717, 1.165) is 43.8 Å². The first kappa shape index (κ1) is 25.8. The first-order valence-corrected chi connectivity index (χ1v) is 16.0. The summed E-state index contributed by atoms with van der Waals surface area (Å²) in [5.74, 6) is 0.738. The van der Waals surface area contributed by atoms with Gasteiger partial charge in [0.2, 0.25) is 0 Å². The van der Waals surface area contributed by atoms with Crippen molar-refractivity contribution in [1.82, 2.24) is 9.97 Å². The Hall–Kier alpha value is -5.64. The second-order valence-electron chi connectivity index (χ2n) is 11.5. The highest BCUT2D eigenvalue weighted by Gasteiger charge is 2.18. The highest BCUT2D eigenvalue weighted by molar-refractivity contribution is 7.26. The van der Waals surface area contributed by atoms with Gasteiger partial charge in [0.25, 0.3) is 0 Å². The lowest BCUT2D eigenvalue weighted by atomic mass is 10.0. The molecule has 9 aromatic rings. The summed E-state index contributed by atoms with van der Waals surface area (Å²) in [6, 6.07) is 56.2. The average Bonchev–Trinajstić information content (AvgIpc) is 3.49. The van der Waals surface area contributed by atoms with E-state index in [4.69, 9.17) is 9.97 Å². The van der Waals surface area contributed by atoms with Gasteiger partial charge in [0.1, 0.15) is 0 Å². The van der Waals surface area contributed by atoms with Crippen LogP contribution in [-0.4, -0.2) is 9.97 Å². The van der Waals surface area contributed by atoms with Crippen LogP contribution in [0.2, 0.25) is 0 Å². The molecular formula is C42H26N2S. The highest BCUT2D eigenvalue weighted by Crippen LogP contribution is 2.42. The van der Waals surface area contributed by atoms with Gasteiger partial charge < -0.3 is 0 Å². The summed E-state index contributed by atoms with van der Waals surface area (Å²) in [4.78, 5) is 10.6. The summed E-state index contributed by atoms with van der Waals surface area (Å²) in [7, 11) is 0. The van der Waals surface area contributed by atoms with Gasteiger partial charge in [-0.15, -0.1) is 11.3 Å². The summed E-state index contributed by atoms with van der Waals surface area (Å²) in [6.07, 6.45) is 0. The Labute approximate surface area is 264 Å². The highest BCUT2D eigenvalue weighted by atomic mass is 32.1. The Morgan fingerprint density at radius 2 is 0.956 bits per heavy atom.